The molecule has 0 spiro atoms. The maximum Gasteiger partial charge on any atom is 0.323 e. The molecule has 0 bridgehead atoms. The van der Waals surface area contributed by atoms with Crippen molar-refractivity contribution in [3.8, 4) is 0 Å². The van der Waals surface area contributed by atoms with Crippen LogP contribution in [0.5, 0.6) is 0 Å². The predicted octanol–water partition coefficient (Wildman–Crippen LogP) is 0.485. The Hall–Kier alpha value is -2.22. The average molecular weight is 291 g/mol. The average Bonchev–Trinajstić information content (AvgIpc) is 2.29. The minimum absolute atomic E-state index is 0.341. The van der Waals surface area contributed by atoms with Crippen molar-refractivity contribution < 1.29 is 29.0 Å². The van der Waals surface area contributed by atoms with E-state index < -0.39 is 42.3 Å². The van der Waals surface area contributed by atoms with Crippen molar-refractivity contribution >= 4 is 29.4 Å². The van der Waals surface area contributed by atoms with Gasteiger partial charge in [0.2, 0.25) is 0 Å². The highest BCUT2D eigenvalue weighted by molar-refractivity contribution is 6.32. The molecule has 0 aliphatic carbocycles. The number of pyridine rings is 1. The first-order valence-corrected chi connectivity index (χ1v) is 5.23. The van der Waals surface area contributed by atoms with Crippen LogP contribution in [-0.2, 0) is 9.59 Å². The third-order valence-corrected chi connectivity index (χ3v) is 2.28. The lowest BCUT2D eigenvalue weighted by Gasteiger charge is -2.18. The summed E-state index contributed by atoms with van der Waals surface area (Å²) in [5.74, 6) is -4.69. The van der Waals surface area contributed by atoms with Gasteiger partial charge in [-0.05, 0) is 6.07 Å². The Kier molecular flexibility index (Phi) is 4.76. The molecule has 2 N–H and O–H groups in total. The summed E-state index contributed by atoms with van der Waals surface area (Å²) in [5.41, 5.74) is -0.399. The van der Waals surface area contributed by atoms with Gasteiger partial charge in [0.15, 0.2) is 0 Å². The van der Waals surface area contributed by atoms with Crippen LogP contribution in [0.3, 0.4) is 0 Å². The zero-order valence-corrected chi connectivity index (χ0v) is 10.1. The summed E-state index contributed by atoms with van der Waals surface area (Å²) in [4.78, 5) is 36.9. The van der Waals surface area contributed by atoms with Crippen LogP contribution in [0.15, 0.2) is 12.3 Å². The Morgan fingerprint density at radius 2 is 1.79 bits per heavy atom. The molecule has 0 aromatic carbocycles. The number of nitrogens with zero attached hydrogens (tertiary/aromatic N) is 2. The van der Waals surface area contributed by atoms with Crippen molar-refractivity contribution in [2.45, 2.75) is 0 Å². The number of hydrogen-bond donors (Lipinski definition) is 2. The number of hydrogen-bond acceptors (Lipinski definition) is 4. The Morgan fingerprint density at radius 3 is 2.26 bits per heavy atom. The Balaban J connectivity index is 3.07. The number of rotatable bonds is 5. The quantitative estimate of drug-likeness (QED) is 0.764. The normalized spacial score (nSPS) is 10.0. The summed E-state index contributed by atoms with van der Waals surface area (Å²) >= 11 is 5.59. The molecule has 0 saturated carbocycles. The fourth-order valence-electron chi connectivity index (χ4n) is 1.27. The van der Waals surface area contributed by atoms with Gasteiger partial charge in [-0.2, -0.15) is 0 Å². The number of halogens is 2. The van der Waals surface area contributed by atoms with Crippen LogP contribution < -0.4 is 0 Å². The van der Waals surface area contributed by atoms with E-state index in [1.807, 2.05) is 0 Å². The third-order valence-electron chi connectivity index (χ3n) is 1.98. The van der Waals surface area contributed by atoms with Crippen molar-refractivity contribution in [1.29, 1.82) is 0 Å². The number of carboxylic acids is 2. The molecule has 102 valence electrons. The van der Waals surface area contributed by atoms with Gasteiger partial charge in [-0.3, -0.25) is 14.4 Å². The van der Waals surface area contributed by atoms with Crippen LogP contribution in [0.1, 0.15) is 10.4 Å². The summed E-state index contributed by atoms with van der Waals surface area (Å²) in [5, 5.41) is 16.9. The van der Waals surface area contributed by atoms with Crippen molar-refractivity contribution in [3.63, 3.8) is 0 Å². The molecular formula is C10H8ClFN2O5. The molecular weight excluding hydrogens is 283 g/mol. The van der Waals surface area contributed by atoms with Crippen molar-refractivity contribution in [2.24, 2.45) is 0 Å². The van der Waals surface area contributed by atoms with Crippen molar-refractivity contribution in [3.05, 3.63) is 28.8 Å². The summed E-state index contributed by atoms with van der Waals surface area (Å²) < 4.78 is 13.0. The second-order valence-electron chi connectivity index (χ2n) is 3.44. The van der Waals surface area contributed by atoms with E-state index in [2.05, 4.69) is 4.98 Å². The Labute approximate surface area is 111 Å². The molecule has 1 aromatic heterocycles. The number of carbonyl (C=O) groups excluding carboxylic acids is 1. The minimum atomic E-state index is -1.41. The zero-order valence-electron chi connectivity index (χ0n) is 9.34. The standard InChI is InChI=1S/C10H8ClFN2O5/c11-9-6(1-5(12)2-13-9)10(19)14(3-7(15)16)4-8(17)18/h1-2H,3-4H2,(H,15,16)(H,17,18). The van der Waals surface area contributed by atoms with Crippen LogP contribution in [0.25, 0.3) is 0 Å². The first-order chi connectivity index (χ1) is 8.81. The van der Waals surface area contributed by atoms with E-state index in [0.29, 0.717) is 4.90 Å². The van der Waals surface area contributed by atoms with Gasteiger partial charge in [-0.1, -0.05) is 11.6 Å². The van der Waals surface area contributed by atoms with Gasteiger partial charge in [0.05, 0.1) is 11.8 Å². The Morgan fingerprint density at radius 1 is 1.26 bits per heavy atom. The highest BCUT2D eigenvalue weighted by atomic mass is 35.5. The van der Waals surface area contributed by atoms with Crippen LogP contribution in [-0.4, -0.2) is 51.0 Å². The van der Waals surface area contributed by atoms with Gasteiger partial charge in [0, 0.05) is 0 Å². The first-order valence-electron chi connectivity index (χ1n) is 4.85. The molecule has 0 saturated heterocycles. The van der Waals surface area contributed by atoms with Gasteiger partial charge in [0.25, 0.3) is 5.91 Å². The number of carboxylic acid groups (broad SMARTS) is 2. The molecule has 1 aromatic rings. The van der Waals surface area contributed by atoms with E-state index in [9.17, 15) is 18.8 Å². The van der Waals surface area contributed by atoms with E-state index in [-0.39, 0.29) is 5.15 Å². The first kappa shape index (κ1) is 14.8. The second kappa shape index (κ2) is 6.10. The highest BCUT2D eigenvalue weighted by Gasteiger charge is 2.23. The Bertz CT molecular complexity index is 521. The molecule has 7 nitrogen and oxygen atoms in total. The van der Waals surface area contributed by atoms with E-state index in [0.717, 1.165) is 12.3 Å². The summed E-state index contributed by atoms with van der Waals surface area (Å²) in [6.45, 7) is -1.70. The van der Waals surface area contributed by atoms with Crippen LogP contribution in [0, 0.1) is 5.82 Å². The lowest BCUT2D eigenvalue weighted by molar-refractivity contribution is -0.140. The topological polar surface area (TPSA) is 108 Å². The molecule has 0 unspecified atom stereocenters. The van der Waals surface area contributed by atoms with Crippen LogP contribution in [0.2, 0.25) is 5.15 Å². The summed E-state index contributed by atoms with van der Waals surface area (Å²) in [6, 6.07) is 0.758. The van der Waals surface area contributed by atoms with Gasteiger partial charge in [-0.25, -0.2) is 9.37 Å². The van der Waals surface area contributed by atoms with E-state index >= 15 is 0 Å². The zero-order chi connectivity index (χ0) is 14.6. The molecule has 0 atom stereocenters. The van der Waals surface area contributed by atoms with Crippen molar-refractivity contribution in [1.82, 2.24) is 9.88 Å². The fourth-order valence-corrected chi connectivity index (χ4v) is 1.45. The molecule has 19 heavy (non-hydrogen) atoms. The van der Waals surface area contributed by atoms with Gasteiger partial charge in [-0.15, -0.1) is 0 Å². The summed E-state index contributed by atoms with van der Waals surface area (Å²) in [6.07, 6.45) is 0.776. The molecule has 0 aliphatic heterocycles. The molecule has 0 radical (unpaired) electrons. The lowest BCUT2D eigenvalue weighted by atomic mass is 10.2. The smallest absolute Gasteiger partial charge is 0.323 e. The predicted molar refractivity (Wildman–Crippen MR) is 60.4 cm³/mol. The molecule has 0 fully saturated rings. The number of aliphatic carboxylic acids is 2. The minimum Gasteiger partial charge on any atom is -0.480 e. The van der Waals surface area contributed by atoms with Crippen molar-refractivity contribution in [2.75, 3.05) is 13.1 Å². The fraction of sp³-hybridized carbons (Fsp3) is 0.200. The van der Waals surface area contributed by atoms with Gasteiger partial charge < -0.3 is 15.1 Å². The third kappa shape index (κ3) is 4.18. The van der Waals surface area contributed by atoms with Gasteiger partial charge >= 0.3 is 11.9 Å². The highest BCUT2D eigenvalue weighted by Crippen LogP contribution is 2.16. The number of amides is 1. The SMILES string of the molecule is O=C(O)CN(CC(=O)O)C(=O)c1cc(F)cnc1Cl. The molecule has 9 heteroatoms. The van der Waals surface area contributed by atoms with E-state index in [1.54, 1.807) is 0 Å². The summed E-state index contributed by atoms with van der Waals surface area (Å²) in [7, 11) is 0. The number of aromatic nitrogens is 1. The maximum absolute atomic E-state index is 13.0. The van der Waals surface area contributed by atoms with Crippen LogP contribution in [0.4, 0.5) is 4.39 Å². The molecule has 1 heterocycles. The van der Waals surface area contributed by atoms with Crippen LogP contribution >= 0.6 is 11.6 Å². The largest absolute Gasteiger partial charge is 0.480 e. The van der Waals surface area contributed by atoms with E-state index in [1.165, 1.54) is 0 Å². The second-order valence-corrected chi connectivity index (χ2v) is 3.80. The molecule has 1 amide bonds. The number of carbonyl (C=O) groups is 3. The monoisotopic (exact) mass is 290 g/mol. The van der Waals surface area contributed by atoms with E-state index in [4.69, 9.17) is 21.8 Å². The molecule has 1 rings (SSSR count). The lowest BCUT2D eigenvalue weighted by Crippen LogP contribution is -2.39. The molecule has 0 aliphatic rings. The van der Waals surface area contributed by atoms with Gasteiger partial charge in [0.1, 0.15) is 24.1 Å². The maximum atomic E-state index is 13.0.